The van der Waals surface area contributed by atoms with Gasteiger partial charge < -0.3 is 5.32 Å². The molecule has 0 spiro atoms. The highest BCUT2D eigenvalue weighted by molar-refractivity contribution is 7.93. The van der Waals surface area contributed by atoms with Crippen molar-refractivity contribution in [1.29, 1.82) is 0 Å². The van der Waals surface area contributed by atoms with E-state index in [4.69, 9.17) is 0 Å². The summed E-state index contributed by atoms with van der Waals surface area (Å²) < 4.78 is 53.8. The Bertz CT molecular complexity index is 1160. The smallest absolute Gasteiger partial charge is 0.262 e. The summed E-state index contributed by atoms with van der Waals surface area (Å²) in [6, 6.07) is 7.88. The molecule has 2 rings (SSSR count). The van der Waals surface area contributed by atoms with E-state index in [1.54, 1.807) is 39.0 Å². The molecule has 0 aromatic heterocycles. The zero-order valence-corrected chi connectivity index (χ0v) is 18.8. The van der Waals surface area contributed by atoms with Crippen LogP contribution in [0.1, 0.15) is 23.6 Å². The Hall–Kier alpha value is -2.59. The third-order valence-corrected chi connectivity index (χ3v) is 7.25. The van der Waals surface area contributed by atoms with Gasteiger partial charge in [0.25, 0.3) is 10.0 Å². The van der Waals surface area contributed by atoms with E-state index in [0.717, 1.165) is 10.6 Å². The van der Waals surface area contributed by atoms with Crippen LogP contribution in [-0.4, -0.2) is 36.0 Å². The zero-order valence-electron chi connectivity index (χ0n) is 17.2. The number of anilines is 3. The van der Waals surface area contributed by atoms with Gasteiger partial charge in [0.05, 0.1) is 16.8 Å². The number of aryl methyl sites for hydroxylation is 2. The van der Waals surface area contributed by atoms with Crippen molar-refractivity contribution in [1.82, 2.24) is 0 Å². The number of nitrogens with zero attached hydrogens (tertiary/aromatic N) is 1. The number of hydrogen-bond donors (Lipinski definition) is 2. The summed E-state index contributed by atoms with van der Waals surface area (Å²) in [7, 11) is -6.16. The van der Waals surface area contributed by atoms with Gasteiger partial charge in [-0.05, 0) is 61.7 Å². The predicted molar refractivity (Wildman–Crippen MR) is 115 cm³/mol. The minimum Gasteiger partial charge on any atom is -0.326 e. The number of benzene rings is 2. The fourth-order valence-corrected chi connectivity index (χ4v) is 5.40. The largest absolute Gasteiger partial charge is 0.326 e. The molecule has 0 heterocycles. The Balaban J connectivity index is 2.51. The highest BCUT2D eigenvalue weighted by Crippen LogP contribution is 2.34. The summed E-state index contributed by atoms with van der Waals surface area (Å²) in [5, 5.41) is 2.61. The molecule has 0 aliphatic heterocycles. The van der Waals surface area contributed by atoms with Crippen LogP contribution in [0.3, 0.4) is 0 Å². The van der Waals surface area contributed by atoms with Crippen molar-refractivity contribution in [3.05, 3.63) is 47.0 Å². The minimum absolute atomic E-state index is 0.0273. The first-order valence-electron chi connectivity index (χ1n) is 8.69. The van der Waals surface area contributed by atoms with Crippen molar-refractivity contribution in [2.24, 2.45) is 0 Å². The first kappa shape index (κ1) is 22.7. The Kier molecular flexibility index (Phi) is 6.29. The monoisotopic (exact) mass is 439 g/mol. The second-order valence-corrected chi connectivity index (χ2v) is 10.5. The summed E-state index contributed by atoms with van der Waals surface area (Å²) in [5.74, 6) is -0.230. The van der Waals surface area contributed by atoms with Crippen molar-refractivity contribution in [2.45, 2.75) is 32.6 Å². The molecule has 158 valence electrons. The molecule has 0 atom stereocenters. The van der Waals surface area contributed by atoms with Crippen LogP contribution in [0.25, 0.3) is 0 Å². The molecule has 1 amide bonds. The molecule has 10 heteroatoms. The quantitative estimate of drug-likeness (QED) is 0.719. The first-order valence-corrected chi connectivity index (χ1v) is 12.0. The fourth-order valence-electron chi connectivity index (χ4n) is 3.25. The minimum atomic E-state index is -3.99. The Morgan fingerprint density at radius 2 is 1.45 bits per heavy atom. The van der Waals surface area contributed by atoms with Gasteiger partial charge in [0, 0.05) is 25.3 Å². The summed E-state index contributed by atoms with van der Waals surface area (Å²) in [5.41, 5.74) is 2.70. The van der Waals surface area contributed by atoms with Crippen molar-refractivity contribution < 1.29 is 21.6 Å². The summed E-state index contributed by atoms with van der Waals surface area (Å²) in [4.78, 5) is 11.1. The van der Waals surface area contributed by atoms with Gasteiger partial charge in [-0.25, -0.2) is 16.8 Å². The molecule has 0 bridgehead atoms. The van der Waals surface area contributed by atoms with Gasteiger partial charge in [0.15, 0.2) is 0 Å². The van der Waals surface area contributed by atoms with Crippen LogP contribution in [0, 0.1) is 20.8 Å². The molecule has 0 aliphatic carbocycles. The number of nitrogens with one attached hydrogen (secondary N) is 2. The normalized spacial score (nSPS) is 11.8. The molecule has 0 aliphatic rings. The van der Waals surface area contributed by atoms with Gasteiger partial charge in [-0.15, -0.1) is 0 Å². The summed E-state index contributed by atoms with van der Waals surface area (Å²) >= 11 is 0. The second-order valence-electron chi connectivity index (χ2n) is 6.91. The first-order chi connectivity index (χ1) is 13.2. The Morgan fingerprint density at radius 1 is 0.931 bits per heavy atom. The SMILES string of the molecule is CC(=O)Nc1ccc(NS(=O)(=O)c2c(C)cc(C)c(N(C)S(C)(=O)=O)c2C)cc1. The molecule has 0 saturated carbocycles. The van der Waals surface area contributed by atoms with E-state index in [9.17, 15) is 21.6 Å². The van der Waals surface area contributed by atoms with Crippen LogP contribution < -0.4 is 14.3 Å². The van der Waals surface area contributed by atoms with Gasteiger partial charge in [-0.2, -0.15) is 0 Å². The number of carbonyl (C=O) groups is 1. The molecule has 2 aromatic carbocycles. The lowest BCUT2D eigenvalue weighted by Gasteiger charge is -2.24. The van der Waals surface area contributed by atoms with E-state index < -0.39 is 20.0 Å². The molecule has 0 unspecified atom stereocenters. The molecule has 2 N–H and O–H groups in total. The lowest BCUT2D eigenvalue weighted by atomic mass is 10.1. The third kappa shape index (κ3) is 5.07. The van der Waals surface area contributed by atoms with E-state index in [-0.39, 0.29) is 10.8 Å². The predicted octanol–water partition coefficient (Wildman–Crippen LogP) is 2.77. The summed E-state index contributed by atoms with van der Waals surface area (Å²) in [6.45, 7) is 6.37. The van der Waals surface area contributed by atoms with Crippen molar-refractivity contribution in [2.75, 3.05) is 27.6 Å². The van der Waals surface area contributed by atoms with Gasteiger partial charge in [-0.3, -0.25) is 13.8 Å². The van der Waals surface area contributed by atoms with Crippen LogP contribution in [-0.2, 0) is 24.8 Å². The van der Waals surface area contributed by atoms with E-state index in [2.05, 4.69) is 10.0 Å². The van der Waals surface area contributed by atoms with Crippen LogP contribution >= 0.6 is 0 Å². The zero-order chi connectivity index (χ0) is 22.1. The maximum absolute atomic E-state index is 13.1. The second kappa shape index (κ2) is 8.03. The highest BCUT2D eigenvalue weighted by Gasteiger charge is 2.26. The van der Waals surface area contributed by atoms with E-state index in [1.165, 1.54) is 26.1 Å². The number of amides is 1. The van der Waals surface area contributed by atoms with Crippen molar-refractivity contribution in [3.63, 3.8) is 0 Å². The molecule has 2 aromatic rings. The lowest BCUT2D eigenvalue weighted by molar-refractivity contribution is -0.114. The van der Waals surface area contributed by atoms with Crippen LogP contribution in [0.2, 0.25) is 0 Å². The van der Waals surface area contributed by atoms with Crippen LogP contribution in [0.5, 0.6) is 0 Å². The molecule has 0 radical (unpaired) electrons. The molecule has 29 heavy (non-hydrogen) atoms. The van der Waals surface area contributed by atoms with Crippen molar-refractivity contribution >= 4 is 43.0 Å². The maximum atomic E-state index is 13.1. The summed E-state index contributed by atoms with van der Waals surface area (Å²) in [6.07, 6.45) is 1.06. The maximum Gasteiger partial charge on any atom is 0.262 e. The Labute approximate surface area is 172 Å². The van der Waals surface area contributed by atoms with E-state index in [1.807, 2.05) is 0 Å². The number of hydrogen-bond acceptors (Lipinski definition) is 5. The van der Waals surface area contributed by atoms with Crippen molar-refractivity contribution in [3.8, 4) is 0 Å². The molecular weight excluding hydrogens is 414 g/mol. The number of sulfonamides is 2. The highest BCUT2D eigenvalue weighted by atomic mass is 32.2. The van der Waals surface area contributed by atoms with E-state index in [0.29, 0.717) is 33.8 Å². The molecule has 8 nitrogen and oxygen atoms in total. The van der Waals surface area contributed by atoms with Crippen LogP contribution in [0.4, 0.5) is 17.1 Å². The average molecular weight is 440 g/mol. The molecular formula is C19H25N3O5S2. The average Bonchev–Trinajstić information content (AvgIpc) is 2.54. The van der Waals surface area contributed by atoms with Gasteiger partial charge in [-0.1, -0.05) is 6.07 Å². The van der Waals surface area contributed by atoms with Gasteiger partial charge in [0.1, 0.15) is 0 Å². The molecule has 0 saturated heterocycles. The number of rotatable bonds is 6. The van der Waals surface area contributed by atoms with Crippen LogP contribution in [0.15, 0.2) is 35.2 Å². The lowest BCUT2D eigenvalue weighted by Crippen LogP contribution is -2.27. The fraction of sp³-hybridized carbons (Fsp3) is 0.316. The number of carbonyl (C=O) groups excluding carboxylic acids is 1. The third-order valence-electron chi connectivity index (χ3n) is 4.40. The van der Waals surface area contributed by atoms with E-state index >= 15 is 0 Å². The van der Waals surface area contributed by atoms with Gasteiger partial charge in [0.2, 0.25) is 15.9 Å². The molecule has 0 fully saturated rings. The van der Waals surface area contributed by atoms with Gasteiger partial charge >= 0.3 is 0 Å². The topological polar surface area (TPSA) is 113 Å². The standard InChI is InChI=1S/C19H25N3O5S2/c1-12-11-13(2)19(14(3)18(12)22(5)28(6,24)25)29(26,27)21-17-9-7-16(8-10-17)20-15(4)23/h7-11,21H,1-6H3,(H,20,23). The Morgan fingerprint density at radius 3 is 1.93 bits per heavy atom.